The molecule has 0 saturated heterocycles. The molecule has 1 fully saturated rings. The maximum Gasteiger partial charge on any atom is 0.293 e. The molecular formula is C36H28ClF7N8O4S. The van der Waals surface area contributed by atoms with Gasteiger partial charge in [0, 0.05) is 31.0 Å². The molecule has 8 rings (SSSR count). The molecule has 3 atom stereocenters. The number of carbonyl (C=O) groups is 1. The average molecular weight is 837 g/mol. The lowest BCUT2D eigenvalue weighted by Gasteiger charge is -2.24. The number of rotatable bonds is 10. The first-order chi connectivity index (χ1) is 26.7. The summed E-state index contributed by atoms with van der Waals surface area (Å²) in [6.07, 6.45) is -2.89. The fourth-order valence-corrected chi connectivity index (χ4v) is 8.53. The minimum absolute atomic E-state index is 0.00134. The van der Waals surface area contributed by atoms with Crippen LogP contribution in [-0.2, 0) is 40.8 Å². The summed E-state index contributed by atoms with van der Waals surface area (Å²) in [4.78, 5) is 33.1. The molecule has 21 heteroatoms. The Labute approximate surface area is 322 Å². The second-order valence-electron chi connectivity index (χ2n) is 14.2. The molecule has 0 spiro atoms. The van der Waals surface area contributed by atoms with Crippen molar-refractivity contribution in [2.24, 2.45) is 13.0 Å². The van der Waals surface area contributed by atoms with Gasteiger partial charge in [-0.1, -0.05) is 11.6 Å². The van der Waals surface area contributed by atoms with E-state index in [2.05, 4.69) is 25.2 Å². The molecule has 298 valence electrons. The summed E-state index contributed by atoms with van der Waals surface area (Å²) in [7, 11) is -2.54. The molecule has 1 saturated carbocycles. The Kier molecular flexibility index (Phi) is 8.95. The summed E-state index contributed by atoms with van der Waals surface area (Å²) >= 11 is 6.53. The standard InChI is InChI=1S/C36H28ClF7N8O4S/c1-14-6-21(40)28-22(7-14)46-34(52(35(28)54)24-5-4-20(37)27-30(24)50(2)48-33(27)49-57(3,55)56)23(10-15-8-16(38)11-17(39)9-15)45-25(53)13-51-31-26(29(47-51)32(41)42)18-12-19(18)36(31,43)44/h4-9,11,18-19,23,32H,10,12-13H2,1-3H3,(H,45,53)(H,48,49)/t18-,19+,23-/m0/s1. The molecule has 12 nitrogen and oxygen atoms in total. The Bertz CT molecular complexity index is 2860. The number of anilines is 1. The van der Waals surface area contributed by atoms with Crippen LogP contribution in [0.25, 0.3) is 27.5 Å². The number of nitrogens with zero attached hydrogens (tertiary/aromatic N) is 6. The lowest BCUT2D eigenvalue weighted by Crippen LogP contribution is -2.38. The number of amides is 1. The van der Waals surface area contributed by atoms with Crippen LogP contribution in [0.2, 0.25) is 5.02 Å². The molecule has 2 aliphatic rings. The summed E-state index contributed by atoms with van der Waals surface area (Å²) in [5, 5.41) is 9.93. The normalized spacial score (nSPS) is 17.6. The third-order valence-corrected chi connectivity index (χ3v) is 10.9. The molecule has 6 aromatic rings. The number of fused-ring (bicyclic) bond motifs is 5. The van der Waals surface area contributed by atoms with E-state index in [0.717, 1.165) is 29.0 Å². The van der Waals surface area contributed by atoms with E-state index in [1.165, 1.54) is 36.9 Å². The third kappa shape index (κ3) is 6.57. The molecule has 1 amide bonds. The fraction of sp³-hybridized carbons (Fsp3) is 0.306. The average Bonchev–Trinajstić information content (AvgIpc) is 3.63. The highest BCUT2D eigenvalue weighted by Crippen LogP contribution is 2.68. The number of aryl methyl sites for hydroxylation is 2. The lowest BCUT2D eigenvalue weighted by molar-refractivity contribution is -0.123. The molecule has 0 unspecified atom stereocenters. The Hall–Kier alpha value is -5.50. The molecule has 3 aromatic carbocycles. The number of alkyl halides is 4. The van der Waals surface area contributed by atoms with Crippen LogP contribution in [0.15, 0.2) is 47.3 Å². The number of hydrogen-bond acceptors (Lipinski definition) is 7. The van der Waals surface area contributed by atoms with Gasteiger partial charge in [-0.3, -0.25) is 28.2 Å². The van der Waals surface area contributed by atoms with Gasteiger partial charge in [-0.25, -0.2) is 35.4 Å². The van der Waals surface area contributed by atoms with Gasteiger partial charge >= 0.3 is 0 Å². The van der Waals surface area contributed by atoms with Gasteiger partial charge in [-0.05, 0) is 66.8 Å². The number of halogens is 8. The Morgan fingerprint density at radius 3 is 2.42 bits per heavy atom. The Morgan fingerprint density at radius 1 is 1.05 bits per heavy atom. The van der Waals surface area contributed by atoms with Crippen molar-refractivity contribution in [1.82, 2.24) is 34.4 Å². The van der Waals surface area contributed by atoms with E-state index in [0.29, 0.717) is 16.3 Å². The van der Waals surface area contributed by atoms with Crippen LogP contribution in [0, 0.1) is 30.3 Å². The molecule has 2 N–H and O–H groups in total. The minimum Gasteiger partial charge on any atom is -0.344 e. The zero-order chi connectivity index (χ0) is 41.0. The van der Waals surface area contributed by atoms with E-state index >= 15 is 13.2 Å². The molecule has 3 aromatic heterocycles. The van der Waals surface area contributed by atoms with Crippen LogP contribution in [0.1, 0.15) is 58.7 Å². The quantitative estimate of drug-likeness (QED) is 0.151. The largest absolute Gasteiger partial charge is 0.344 e. The smallest absolute Gasteiger partial charge is 0.293 e. The summed E-state index contributed by atoms with van der Waals surface area (Å²) in [5.74, 6) is -10.3. The zero-order valence-corrected chi connectivity index (χ0v) is 31.3. The molecule has 0 aliphatic heterocycles. The third-order valence-electron chi connectivity index (χ3n) is 10.0. The molecule has 0 bridgehead atoms. The highest BCUT2D eigenvalue weighted by Gasteiger charge is 2.67. The number of hydrogen-bond donors (Lipinski definition) is 2. The number of carbonyl (C=O) groups excluding carboxylic acids is 1. The first kappa shape index (κ1) is 38.4. The van der Waals surface area contributed by atoms with Crippen molar-refractivity contribution >= 4 is 55.2 Å². The number of nitrogens with one attached hydrogen (secondary N) is 2. The van der Waals surface area contributed by atoms with E-state index in [4.69, 9.17) is 11.6 Å². The van der Waals surface area contributed by atoms with E-state index in [1.807, 2.05) is 0 Å². The van der Waals surface area contributed by atoms with Crippen LogP contribution in [0.5, 0.6) is 0 Å². The van der Waals surface area contributed by atoms with Crippen LogP contribution < -0.4 is 15.6 Å². The molecule has 2 aliphatic carbocycles. The van der Waals surface area contributed by atoms with Gasteiger partial charge in [-0.2, -0.15) is 19.0 Å². The van der Waals surface area contributed by atoms with Gasteiger partial charge in [-0.15, -0.1) is 0 Å². The topological polar surface area (TPSA) is 146 Å². The Morgan fingerprint density at radius 2 is 1.75 bits per heavy atom. The van der Waals surface area contributed by atoms with Crippen molar-refractivity contribution in [3.63, 3.8) is 0 Å². The van der Waals surface area contributed by atoms with Gasteiger partial charge in [0.1, 0.15) is 46.6 Å². The van der Waals surface area contributed by atoms with E-state index in [9.17, 15) is 35.6 Å². The summed E-state index contributed by atoms with van der Waals surface area (Å²) in [6.45, 7) is 0.506. The van der Waals surface area contributed by atoms with Crippen molar-refractivity contribution < 1.29 is 43.9 Å². The maximum absolute atomic E-state index is 15.7. The zero-order valence-electron chi connectivity index (χ0n) is 29.7. The highest BCUT2D eigenvalue weighted by atomic mass is 35.5. The van der Waals surface area contributed by atoms with Crippen molar-refractivity contribution in [2.45, 2.75) is 50.6 Å². The second kappa shape index (κ2) is 13.3. The van der Waals surface area contributed by atoms with E-state index in [-0.39, 0.29) is 56.3 Å². The summed E-state index contributed by atoms with van der Waals surface area (Å²) < 4.78 is 133. The van der Waals surface area contributed by atoms with Crippen LogP contribution >= 0.6 is 11.6 Å². The van der Waals surface area contributed by atoms with Crippen molar-refractivity contribution in [3.8, 4) is 5.69 Å². The molecule has 57 heavy (non-hydrogen) atoms. The van der Waals surface area contributed by atoms with Crippen molar-refractivity contribution in [1.29, 1.82) is 0 Å². The highest BCUT2D eigenvalue weighted by molar-refractivity contribution is 7.92. The monoisotopic (exact) mass is 836 g/mol. The van der Waals surface area contributed by atoms with Crippen molar-refractivity contribution in [3.05, 3.63) is 109 Å². The van der Waals surface area contributed by atoms with Gasteiger partial charge in [0.25, 0.3) is 17.9 Å². The number of benzene rings is 3. The summed E-state index contributed by atoms with van der Waals surface area (Å²) in [6, 6.07) is 5.93. The first-order valence-electron chi connectivity index (χ1n) is 17.1. The fourth-order valence-electron chi connectivity index (χ4n) is 7.79. The predicted octanol–water partition coefficient (Wildman–Crippen LogP) is 6.47. The van der Waals surface area contributed by atoms with E-state index < -0.39 is 98.9 Å². The summed E-state index contributed by atoms with van der Waals surface area (Å²) in [5.41, 5.74) is -3.10. The Balaban J connectivity index is 1.34. The molecule has 3 heterocycles. The molecular weight excluding hydrogens is 809 g/mol. The lowest BCUT2D eigenvalue weighted by atomic mass is 10.0. The SMILES string of the molecule is Cc1cc(F)c2c(=O)n(-c3ccc(Cl)c4c(NS(C)(=O)=O)nn(C)c34)c([C@H](Cc3cc(F)cc(F)c3)NC(=O)Cn3nc(C(F)F)c4c3C(F)(F)[C@@H]3C[C@H]43)nc2c1. The van der Waals surface area contributed by atoms with Gasteiger partial charge in [0.05, 0.1) is 39.4 Å². The number of sulfonamides is 1. The second-order valence-corrected chi connectivity index (χ2v) is 16.3. The number of aromatic nitrogens is 6. The molecule has 0 radical (unpaired) electrons. The van der Waals surface area contributed by atoms with Crippen LogP contribution in [-0.4, -0.2) is 49.7 Å². The van der Waals surface area contributed by atoms with E-state index in [1.54, 1.807) is 0 Å². The first-order valence-corrected chi connectivity index (χ1v) is 19.4. The van der Waals surface area contributed by atoms with Gasteiger partial charge in [0.2, 0.25) is 15.9 Å². The minimum atomic E-state index is -3.93. The van der Waals surface area contributed by atoms with Gasteiger partial charge in [0.15, 0.2) is 5.82 Å². The van der Waals surface area contributed by atoms with Crippen LogP contribution in [0.4, 0.5) is 36.6 Å². The predicted molar refractivity (Wildman–Crippen MR) is 193 cm³/mol. The van der Waals surface area contributed by atoms with Crippen LogP contribution in [0.3, 0.4) is 0 Å². The van der Waals surface area contributed by atoms with Crippen molar-refractivity contribution in [2.75, 3.05) is 11.0 Å². The van der Waals surface area contributed by atoms with Gasteiger partial charge < -0.3 is 5.32 Å². The maximum atomic E-state index is 15.7.